The molecule has 3 N–H and O–H groups in total. The number of carbonyl (C=O) groups excluding carboxylic acids is 1. The van der Waals surface area contributed by atoms with Crippen LogP contribution in [0, 0.1) is 17.8 Å². The summed E-state index contributed by atoms with van der Waals surface area (Å²) in [6.07, 6.45) is 3.36. The second-order valence-electron chi connectivity index (χ2n) is 4.56. The van der Waals surface area contributed by atoms with Gasteiger partial charge < -0.3 is 11.1 Å². The van der Waals surface area contributed by atoms with Crippen molar-refractivity contribution >= 4 is 23.1 Å². The summed E-state index contributed by atoms with van der Waals surface area (Å²) in [6, 6.07) is 0. The van der Waals surface area contributed by atoms with E-state index in [2.05, 4.69) is 12.2 Å². The first-order chi connectivity index (χ1) is 7.02. The molecular weight excluding hydrogens is 208 g/mol. The summed E-state index contributed by atoms with van der Waals surface area (Å²) in [6.45, 7) is 4.65. The van der Waals surface area contributed by atoms with Crippen molar-refractivity contribution in [2.24, 2.45) is 23.5 Å². The molecule has 0 aromatic heterocycles. The molecule has 3 atom stereocenters. The molecule has 0 spiro atoms. The van der Waals surface area contributed by atoms with Crippen LogP contribution in [0.4, 0.5) is 0 Å². The van der Waals surface area contributed by atoms with Gasteiger partial charge in [-0.15, -0.1) is 0 Å². The Bertz CT molecular complexity index is 255. The third-order valence-corrected chi connectivity index (χ3v) is 3.67. The van der Waals surface area contributed by atoms with Gasteiger partial charge >= 0.3 is 0 Å². The molecule has 1 rings (SSSR count). The SMILES string of the molecule is CC(CNC(=O)C1CCCC1C)C(N)=S. The van der Waals surface area contributed by atoms with E-state index in [4.69, 9.17) is 18.0 Å². The lowest BCUT2D eigenvalue weighted by Gasteiger charge is -2.17. The Morgan fingerprint density at radius 1 is 1.60 bits per heavy atom. The predicted molar refractivity (Wildman–Crippen MR) is 65.5 cm³/mol. The molecule has 3 unspecified atom stereocenters. The molecule has 86 valence electrons. The van der Waals surface area contributed by atoms with Crippen LogP contribution in [0.25, 0.3) is 0 Å². The third-order valence-electron chi connectivity index (χ3n) is 3.27. The van der Waals surface area contributed by atoms with Crippen LogP contribution in [0.3, 0.4) is 0 Å². The maximum atomic E-state index is 11.8. The second-order valence-corrected chi connectivity index (χ2v) is 5.03. The molecule has 0 radical (unpaired) electrons. The van der Waals surface area contributed by atoms with Crippen molar-refractivity contribution in [1.29, 1.82) is 0 Å². The number of nitrogens with two attached hydrogens (primary N) is 1. The van der Waals surface area contributed by atoms with Crippen LogP contribution in [-0.2, 0) is 4.79 Å². The van der Waals surface area contributed by atoms with Crippen LogP contribution in [0.2, 0.25) is 0 Å². The summed E-state index contributed by atoms with van der Waals surface area (Å²) < 4.78 is 0. The Labute approximate surface area is 96.8 Å². The van der Waals surface area contributed by atoms with Gasteiger partial charge in [-0.1, -0.05) is 32.5 Å². The third kappa shape index (κ3) is 3.45. The van der Waals surface area contributed by atoms with Crippen molar-refractivity contribution in [2.45, 2.75) is 33.1 Å². The number of rotatable bonds is 4. The van der Waals surface area contributed by atoms with Crippen LogP contribution in [0.5, 0.6) is 0 Å². The number of carbonyl (C=O) groups is 1. The van der Waals surface area contributed by atoms with Gasteiger partial charge in [0.05, 0.1) is 4.99 Å². The minimum atomic E-state index is 0.0839. The molecule has 1 aliphatic rings. The van der Waals surface area contributed by atoms with E-state index in [1.54, 1.807) is 0 Å². The largest absolute Gasteiger partial charge is 0.393 e. The van der Waals surface area contributed by atoms with Crippen molar-refractivity contribution in [3.8, 4) is 0 Å². The molecule has 0 aromatic carbocycles. The maximum Gasteiger partial charge on any atom is 0.223 e. The molecule has 1 aliphatic carbocycles. The van der Waals surface area contributed by atoms with Gasteiger partial charge in [0, 0.05) is 18.4 Å². The molecule has 0 heterocycles. The Kier molecular flexibility index (Phi) is 4.51. The highest BCUT2D eigenvalue weighted by atomic mass is 32.1. The first-order valence-electron chi connectivity index (χ1n) is 5.59. The molecular formula is C11H20N2OS. The van der Waals surface area contributed by atoms with E-state index in [1.807, 2.05) is 6.92 Å². The van der Waals surface area contributed by atoms with Crippen molar-refractivity contribution in [3.63, 3.8) is 0 Å². The lowest BCUT2D eigenvalue weighted by atomic mass is 9.97. The monoisotopic (exact) mass is 228 g/mol. The smallest absolute Gasteiger partial charge is 0.223 e. The molecule has 0 saturated heterocycles. The molecule has 15 heavy (non-hydrogen) atoms. The number of hydrogen-bond acceptors (Lipinski definition) is 2. The van der Waals surface area contributed by atoms with E-state index in [0.29, 0.717) is 17.5 Å². The standard InChI is InChI=1S/C11H20N2OS/c1-7-4-3-5-9(7)11(14)13-6-8(2)10(12)15/h7-9H,3-6H2,1-2H3,(H2,12,15)(H,13,14). The van der Waals surface area contributed by atoms with Gasteiger partial charge in [-0.05, 0) is 18.8 Å². The van der Waals surface area contributed by atoms with Crippen LogP contribution in [0.15, 0.2) is 0 Å². The minimum absolute atomic E-state index is 0.0839. The number of nitrogens with one attached hydrogen (secondary N) is 1. The number of hydrogen-bond donors (Lipinski definition) is 2. The molecule has 1 amide bonds. The van der Waals surface area contributed by atoms with Crippen LogP contribution >= 0.6 is 12.2 Å². The first-order valence-corrected chi connectivity index (χ1v) is 6.00. The highest BCUT2D eigenvalue weighted by Crippen LogP contribution is 2.31. The summed E-state index contributed by atoms with van der Waals surface area (Å²) in [5.74, 6) is 0.970. The van der Waals surface area contributed by atoms with Gasteiger partial charge in [0.2, 0.25) is 5.91 Å². The summed E-state index contributed by atoms with van der Waals surface area (Å²) in [7, 11) is 0. The van der Waals surface area contributed by atoms with Crippen molar-refractivity contribution in [2.75, 3.05) is 6.54 Å². The molecule has 1 fully saturated rings. The zero-order valence-corrected chi connectivity index (χ0v) is 10.3. The van der Waals surface area contributed by atoms with Crippen LogP contribution in [-0.4, -0.2) is 17.4 Å². The first kappa shape index (κ1) is 12.4. The fraction of sp³-hybridized carbons (Fsp3) is 0.818. The van der Waals surface area contributed by atoms with E-state index >= 15 is 0 Å². The van der Waals surface area contributed by atoms with Crippen molar-refractivity contribution in [3.05, 3.63) is 0 Å². The van der Waals surface area contributed by atoms with Crippen LogP contribution < -0.4 is 11.1 Å². The Morgan fingerprint density at radius 2 is 2.27 bits per heavy atom. The Morgan fingerprint density at radius 3 is 2.73 bits per heavy atom. The van der Waals surface area contributed by atoms with Gasteiger partial charge in [-0.2, -0.15) is 0 Å². The normalized spacial score (nSPS) is 27.3. The number of amides is 1. The van der Waals surface area contributed by atoms with E-state index in [0.717, 1.165) is 6.42 Å². The van der Waals surface area contributed by atoms with Crippen LogP contribution in [0.1, 0.15) is 33.1 Å². The molecule has 0 bridgehead atoms. The highest BCUT2D eigenvalue weighted by Gasteiger charge is 2.29. The molecule has 1 saturated carbocycles. The maximum absolute atomic E-state index is 11.8. The van der Waals surface area contributed by atoms with Gasteiger partial charge in [-0.25, -0.2) is 0 Å². The average molecular weight is 228 g/mol. The second kappa shape index (κ2) is 5.45. The van der Waals surface area contributed by atoms with Gasteiger partial charge in [0.25, 0.3) is 0 Å². The fourth-order valence-corrected chi connectivity index (χ4v) is 2.10. The zero-order chi connectivity index (χ0) is 11.4. The summed E-state index contributed by atoms with van der Waals surface area (Å²) in [5.41, 5.74) is 5.48. The Balaban J connectivity index is 2.32. The summed E-state index contributed by atoms with van der Waals surface area (Å²) in [4.78, 5) is 12.3. The average Bonchev–Trinajstić information content (AvgIpc) is 2.60. The number of thiocarbonyl (C=S) groups is 1. The topological polar surface area (TPSA) is 55.1 Å². The molecule has 3 nitrogen and oxygen atoms in total. The van der Waals surface area contributed by atoms with E-state index in [1.165, 1.54) is 12.8 Å². The predicted octanol–water partition coefficient (Wildman–Crippen LogP) is 1.46. The lowest BCUT2D eigenvalue weighted by molar-refractivity contribution is -0.125. The quantitative estimate of drug-likeness (QED) is 0.716. The molecule has 0 aromatic rings. The zero-order valence-electron chi connectivity index (χ0n) is 9.45. The highest BCUT2D eigenvalue weighted by molar-refractivity contribution is 7.80. The van der Waals surface area contributed by atoms with Gasteiger partial charge in [0.15, 0.2) is 0 Å². The Hall–Kier alpha value is -0.640. The van der Waals surface area contributed by atoms with Gasteiger partial charge in [0.1, 0.15) is 0 Å². The molecule has 0 aliphatic heterocycles. The van der Waals surface area contributed by atoms with Crippen molar-refractivity contribution < 1.29 is 4.79 Å². The van der Waals surface area contributed by atoms with E-state index < -0.39 is 0 Å². The minimum Gasteiger partial charge on any atom is -0.393 e. The molecule has 4 heteroatoms. The van der Waals surface area contributed by atoms with E-state index in [9.17, 15) is 4.79 Å². The fourth-order valence-electron chi connectivity index (χ4n) is 2.02. The van der Waals surface area contributed by atoms with E-state index in [-0.39, 0.29) is 17.7 Å². The lowest BCUT2D eigenvalue weighted by Crippen LogP contribution is -2.37. The van der Waals surface area contributed by atoms with Gasteiger partial charge in [-0.3, -0.25) is 4.79 Å². The summed E-state index contributed by atoms with van der Waals surface area (Å²) >= 11 is 4.85. The van der Waals surface area contributed by atoms with Crippen molar-refractivity contribution in [1.82, 2.24) is 5.32 Å². The summed E-state index contributed by atoms with van der Waals surface area (Å²) in [5, 5.41) is 2.93.